The van der Waals surface area contributed by atoms with Gasteiger partial charge in [-0.1, -0.05) is 167 Å². The molecule has 2 fully saturated rings. The average Bonchev–Trinajstić information content (AvgIpc) is 3.34. The normalized spacial score (nSPS) is 27.4. The lowest BCUT2D eigenvalue weighted by Gasteiger charge is -2.47. The number of carbonyl (C=O) groups is 2. The van der Waals surface area contributed by atoms with E-state index in [2.05, 4.69) is 26.0 Å². The minimum Gasteiger partial charge on any atom is -0.462 e. The summed E-state index contributed by atoms with van der Waals surface area (Å²) in [5.41, 5.74) is 0. The molecule has 1 saturated heterocycles. The molecule has 0 aromatic heterocycles. The van der Waals surface area contributed by atoms with Crippen molar-refractivity contribution in [2.75, 3.05) is 19.8 Å². The Hall–Kier alpha value is -1.61. The average molecular weight is 1030 g/mol. The highest BCUT2D eigenvalue weighted by Gasteiger charge is 2.55. The number of esters is 2. The summed E-state index contributed by atoms with van der Waals surface area (Å²) in [5.74, 6) is -1.23. The molecule has 0 bridgehead atoms. The summed E-state index contributed by atoms with van der Waals surface area (Å²) in [6.45, 7) is 2.23. The molecule has 412 valence electrons. The molecule has 1 heterocycles. The van der Waals surface area contributed by atoms with Gasteiger partial charge in [0.2, 0.25) is 0 Å². The molecule has 19 heteroatoms. The molecule has 0 aromatic rings. The van der Waals surface area contributed by atoms with Crippen LogP contribution in [0.4, 0.5) is 0 Å². The van der Waals surface area contributed by atoms with Gasteiger partial charge in [-0.05, 0) is 38.5 Å². The fraction of sp³-hybridized carbons (Fsp3) is 0.922. The third kappa shape index (κ3) is 27.1. The van der Waals surface area contributed by atoms with E-state index in [1.54, 1.807) is 0 Å². The molecule has 1 saturated carbocycles. The van der Waals surface area contributed by atoms with Crippen LogP contribution in [0.5, 0.6) is 0 Å². The van der Waals surface area contributed by atoms with Crippen molar-refractivity contribution < 1.29 is 87.9 Å². The number of phosphoric acid groups is 1. The van der Waals surface area contributed by atoms with Crippen molar-refractivity contribution in [3.63, 3.8) is 0 Å². The van der Waals surface area contributed by atoms with Crippen LogP contribution in [0.15, 0.2) is 12.2 Å². The minimum absolute atomic E-state index is 0.0157. The maximum absolute atomic E-state index is 13.4. The second-order valence-electron chi connectivity index (χ2n) is 19.4. The maximum Gasteiger partial charge on any atom is 0.472 e. The van der Waals surface area contributed by atoms with Crippen molar-refractivity contribution in [2.24, 2.45) is 0 Å². The van der Waals surface area contributed by atoms with Crippen molar-refractivity contribution in [1.29, 1.82) is 0 Å². The van der Waals surface area contributed by atoms with E-state index in [4.69, 9.17) is 28.0 Å². The topological polar surface area (TPSA) is 289 Å². The van der Waals surface area contributed by atoms with Gasteiger partial charge in [0.1, 0.15) is 67.6 Å². The van der Waals surface area contributed by atoms with Crippen LogP contribution < -0.4 is 0 Å². The van der Waals surface area contributed by atoms with Crippen LogP contribution in [0.1, 0.15) is 206 Å². The van der Waals surface area contributed by atoms with E-state index in [1.807, 2.05) is 0 Å². The second-order valence-corrected chi connectivity index (χ2v) is 20.8. The molecule has 0 spiro atoms. The highest BCUT2D eigenvalue weighted by molar-refractivity contribution is 7.47. The van der Waals surface area contributed by atoms with Gasteiger partial charge in [0.05, 0.1) is 13.2 Å². The number of aliphatic hydroxyl groups is 8. The van der Waals surface area contributed by atoms with Crippen molar-refractivity contribution in [3.8, 4) is 0 Å². The van der Waals surface area contributed by atoms with E-state index in [1.165, 1.54) is 116 Å². The van der Waals surface area contributed by atoms with Crippen LogP contribution in [0.3, 0.4) is 0 Å². The molecule has 0 radical (unpaired) electrons. The Morgan fingerprint density at radius 3 is 1.43 bits per heavy atom. The van der Waals surface area contributed by atoms with Crippen LogP contribution in [-0.4, -0.2) is 151 Å². The Kier molecular flexibility index (Phi) is 35.8. The summed E-state index contributed by atoms with van der Waals surface area (Å²) >= 11 is 0. The number of aliphatic hydroxyl groups excluding tert-OH is 8. The van der Waals surface area contributed by atoms with Crippen LogP contribution >= 0.6 is 7.82 Å². The van der Waals surface area contributed by atoms with Gasteiger partial charge in [0.15, 0.2) is 12.4 Å². The molecule has 13 atom stereocenters. The predicted molar refractivity (Wildman–Crippen MR) is 263 cm³/mol. The molecule has 18 nitrogen and oxygen atoms in total. The van der Waals surface area contributed by atoms with Gasteiger partial charge in [-0.25, -0.2) is 4.57 Å². The molecule has 2 aliphatic rings. The van der Waals surface area contributed by atoms with Crippen molar-refractivity contribution >= 4 is 19.8 Å². The molecule has 1 aliphatic heterocycles. The lowest BCUT2D eigenvalue weighted by Crippen LogP contribution is -2.67. The maximum atomic E-state index is 13.4. The number of rotatable bonds is 42. The SMILES string of the molecule is CCCCCCCC/C=C\CCCCCC(=O)OC(COC(=O)CCCCCCCCCCCCCCCCCCC)COP(=O)(O)OC1C(O)C(O)C(O)C(O)C1OC1OC(CO)C(O)C(O)C1O. The van der Waals surface area contributed by atoms with Gasteiger partial charge in [0, 0.05) is 12.8 Å². The third-order valence-electron chi connectivity index (χ3n) is 13.2. The first-order valence-electron chi connectivity index (χ1n) is 27.0. The Morgan fingerprint density at radius 2 is 0.943 bits per heavy atom. The summed E-state index contributed by atoms with van der Waals surface area (Å²) in [6, 6.07) is 0. The van der Waals surface area contributed by atoms with Gasteiger partial charge in [-0.15, -0.1) is 0 Å². The zero-order valence-electron chi connectivity index (χ0n) is 42.6. The molecule has 2 rings (SSSR count). The Labute approximate surface area is 418 Å². The fourth-order valence-electron chi connectivity index (χ4n) is 8.76. The Bertz CT molecular complexity index is 1410. The van der Waals surface area contributed by atoms with Crippen molar-refractivity contribution in [1.82, 2.24) is 0 Å². The number of unbranched alkanes of at least 4 members (excludes halogenated alkanes) is 25. The summed E-state index contributed by atoms with van der Waals surface area (Å²) in [4.78, 5) is 36.6. The molecule has 0 aromatic carbocycles. The van der Waals surface area contributed by atoms with Gasteiger partial charge in [-0.3, -0.25) is 18.6 Å². The molecule has 0 amide bonds. The van der Waals surface area contributed by atoms with Crippen LogP contribution in [0.2, 0.25) is 0 Å². The number of carbonyl (C=O) groups excluding carboxylic acids is 2. The van der Waals surface area contributed by atoms with E-state index in [0.717, 1.165) is 51.4 Å². The highest BCUT2D eigenvalue weighted by atomic mass is 31.2. The number of hydrogen-bond acceptors (Lipinski definition) is 17. The second kappa shape index (κ2) is 38.9. The predicted octanol–water partition coefficient (Wildman–Crippen LogP) is 6.88. The fourth-order valence-corrected chi connectivity index (χ4v) is 9.73. The van der Waals surface area contributed by atoms with Crippen LogP contribution in [0.25, 0.3) is 0 Å². The van der Waals surface area contributed by atoms with E-state index < -0.39 is 113 Å². The standard InChI is InChI=1S/C51H95O18P/c1-3-5-7-9-11-13-15-17-18-19-20-22-23-25-27-29-31-33-40(53)64-36-38(66-41(54)34-32-30-28-26-24-21-16-14-12-10-8-6-4-2)37-65-70(62,63)69-50-47(60)45(58)44(57)46(59)49(50)68-51-48(61)43(56)42(55)39(35-52)67-51/h21,24,38-39,42-52,55-61H,3-20,22-23,25-37H2,1-2H3,(H,62,63)/b24-21-. The molecule has 13 unspecified atom stereocenters. The van der Waals surface area contributed by atoms with E-state index in [9.17, 15) is 59.9 Å². The number of allylic oxidation sites excluding steroid dienone is 2. The molecule has 1 aliphatic carbocycles. The van der Waals surface area contributed by atoms with Crippen LogP contribution in [-0.2, 0) is 42.1 Å². The summed E-state index contributed by atoms with van der Waals surface area (Å²) in [5, 5.41) is 83.0. The van der Waals surface area contributed by atoms with Crippen LogP contribution in [0, 0.1) is 0 Å². The Morgan fingerprint density at radius 1 is 0.529 bits per heavy atom. The van der Waals surface area contributed by atoms with Gasteiger partial charge in [-0.2, -0.15) is 0 Å². The molecular formula is C51H95O18P. The lowest BCUT2D eigenvalue weighted by atomic mass is 9.84. The highest BCUT2D eigenvalue weighted by Crippen LogP contribution is 2.48. The van der Waals surface area contributed by atoms with E-state index in [-0.39, 0.29) is 12.8 Å². The quantitative estimate of drug-likeness (QED) is 0.0130. The monoisotopic (exact) mass is 1030 g/mol. The van der Waals surface area contributed by atoms with Gasteiger partial charge >= 0.3 is 19.8 Å². The zero-order valence-corrected chi connectivity index (χ0v) is 43.5. The molecule has 70 heavy (non-hydrogen) atoms. The summed E-state index contributed by atoms with van der Waals surface area (Å²) < 4.78 is 45.5. The molecular weight excluding hydrogens is 932 g/mol. The minimum atomic E-state index is -5.38. The first-order chi connectivity index (χ1) is 33.7. The van der Waals surface area contributed by atoms with Gasteiger partial charge in [0.25, 0.3) is 0 Å². The van der Waals surface area contributed by atoms with E-state index >= 15 is 0 Å². The number of phosphoric ester groups is 1. The smallest absolute Gasteiger partial charge is 0.462 e. The number of hydrogen-bond donors (Lipinski definition) is 9. The Balaban J connectivity index is 1.91. The summed E-state index contributed by atoms with van der Waals surface area (Å²) in [7, 11) is -5.38. The summed E-state index contributed by atoms with van der Waals surface area (Å²) in [6.07, 6.45) is 12.9. The first kappa shape index (κ1) is 64.5. The van der Waals surface area contributed by atoms with Crippen molar-refractivity contribution in [3.05, 3.63) is 12.2 Å². The molecule has 9 N–H and O–H groups in total. The van der Waals surface area contributed by atoms with E-state index in [0.29, 0.717) is 12.8 Å². The number of ether oxygens (including phenoxy) is 4. The largest absolute Gasteiger partial charge is 0.472 e. The van der Waals surface area contributed by atoms with Gasteiger partial charge < -0.3 is 64.7 Å². The third-order valence-corrected chi connectivity index (χ3v) is 14.2. The zero-order chi connectivity index (χ0) is 51.6. The lowest BCUT2D eigenvalue weighted by molar-refractivity contribution is -0.338. The van der Waals surface area contributed by atoms with Crippen molar-refractivity contribution in [2.45, 2.75) is 280 Å². The first-order valence-corrected chi connectivity index (χ1v) is 28.5.